The molecule has 2 N–H and O–H groups in total. The molecule has 0 atom stereocenters. The lowest BCUT2D eigenvalue weighted by molar-refractivity contribution is -0.133. The van der Waals surface area contributed by atoms with Gasteiger partial charge in [-0.2, -0.15) is 0 Å². The highest BCUT2D eigenvalue weighted by Crippen LogP contribution is 2.33. The quantitative estimate of drug-likeness (QED) is 0.0389. The van der Waals surface area contributed by atoms with Crippen molar-refractivity contribution in [3.63, 3.8) is 0 Å². The van der Waals surface area contributed by atoms with Crippen LogP contribution in [0.4, 0.5) is 0 Å². The van der Waals surface area contributed by atoms with E-state index in [1.807, 2.05) is 264 Å². The summed E-state index contributed by atoms with van der Waals surface area (Å²) >= 11 is 0. The van der Waals surface area contributed by atoms with Gasteiger partial charge in [0.1, 0.15) is 19.8 Å². The number of hydrogen-bond acceptors (Lipinski definition) is 12. The summed E-state index contributed by atoms with van der Waals surface area (Å²) in [5, 5.41) is 2.24. The van der Waals surface area contributed by atoms with Crippen molar-refractivity contribution in [2.45, 2.75) is 98.2 Å². The van der Waals surface area contributed by atoms with E-state index in [1.54, 1.807) is 39.9 Å². The van der Waals surface area contributed by atoms with Crippen molar-refractivity contribution < 1.29 is 42.8 Å². The monoisotopic (exact) mass is 1460 g/mol. The number of para-hydroxylation sites is 2. The Bertz CT molecular complexity index is 4930. The zero-order valence-corrected chi connectivity index (χ0v) is 62.8. The van der Waals surface area contributed by atoms with Crippen LogP contribution in [0, 0.1) is 5.92 Å². The third-order valence-electron chi connectivity index (χ3n) is 18.5. The van der Waals surface area contributed by atoms with Crippen molar-refractivity contribution >= 4 is 39.5 Å². The zero-order valence-electron chi connectivity index (χ0n) is 62.8. The fraction of sp³-hybridized carbons (Fsp3) is 0.239. The minimum atomic E-state index is 0.0639. The van der Waals surface area contributed by atoms with Gasteiger partial charge in [0, 0.05) is 141 Å². The summed E-state index contributed by atoms with van der Waals surface area (Å²) in [6.45, 7) is 8.75. The highest BCUT2D eigenvalue weighted by atomic mass is 16.5. The van der Waals surface area contributed by atoms with Gasteiger partial charge in [0.05, 0.1) is 27.8 Å². The van der Waals surface area contributed by atoms with Crippen LogP contribution in [-0.4, -0.2) is 98.3 Å². The molecule has 13 rings (SSSR count). The normalized spacial score (nSPS) is 10.8. The Hall–Kier alpha value is -12.5. The number of carbonyl (C=O) groups is 3. The van der Waals surface area contributed by atoms with Gasteiger partial charge in [0.2, 0.25) is 17.7 Å². The Morgan fingerprint density at radius 1 is 0.358 bits per heavy atom. The molecule has 0 bridgehead atoms. The molecule has 0 fully saturated rings. The molecule has 3 amide bonds. The maximum atomic E-state index is 13.6. The van der Waals surface area contributed by atoms with Gasteiger partial charge < -0.3 is 53.1 Å². The van der Waals surface area contributed by atoms with Crippen LogP contribution in [0.5, 0.6) is 34.5 Å². The topological polar surface area (TPSA) is 187 Å². The lowest BCUT2D eigenvalue weighted by atomic mass is 10.1. The van der Waals surface area contributed by atoms with Crippen molar-refractivity contribution in [1.29, 1.82) is 0 Å². The molecule has 13 aromatic rings. The Morgan fingerprint density at radius 3 is 1.08 bits per heavy atom. The van der Waals surface area contributed by atoms with E-state index in [2.05, 4.69) is 50.9 Å². The Balaban J connectivity index is 0.000000163. The maximum absolute atomic E-state index is 13.6. The summed E-state index contributed by atoms with van der Waals surface area (Å²) in [6, 6.07) is 81.6. The molecule has 5 aromatic heterocycles. The van der Waals surface area contributed by atoms with Crippen LogP contribution in [0.3, 0.4) is 0 Å². The second-order valence-corrected chi connectivity index (χ2v) is 26.9. The van der Waals surface area contributed by atoms with Gasteiger partial charge in [0.15, 0.2) is 34.5 Å². The Kier molecular flexibility index (Phi) is 29.1. The molecular weight excluding hydrogens is 1360 g/mol. The second-order valence-electron chi connectivity index (χ2n) is 26.9. The van der Waals surface area contributed by atoms with E-state index in [0.29, 0.717) is 138 Å². The molecule has 8 aromatic carbocycles. The van der Waals surface area contributed by atoms with E-state index in [9.17, 15) is 14.4 Å². The molecule has 0 saturated carbocycles. The molecular formula is C92H96N8O9. The van der Waals surface area contributed by atoms with Gasteiger partial charge in [-0.3, -0.25) is 29.3 Å². The molecule has 0 aliphatic carbocycles. The summed E-state index contributed by atoms with van der Waals surface area (Å²) in [5.41, 5.74) is 13.4. The first-order valence-corrected chi connectivity index (χ1v) is 37.1. The highest BCUT2D eigenvalue weighted by Gasteiger charge is 2.22. The minimum absolute atomic E-state index is 0.0639. The van der Waals surface area contributed by atoms with Gasteiger partial charge in [-0.1, -0.05) is 178 Å². The number of H-pyrrole nitrogens is 2. The van der Waals surface area contributed by atoms with E-state index in [1.165, 1.54) is 5.39 Å². The van der Waals surface area contributed by atoms with Gasteiger partial charge in [0.25, 0.3) is 0 Å². The van der Waals surface area contributed by atoms with Crippen LogP contribution in [0.15, 0.2) is 280 Å². The Labute approximate surface area is 639 Å². The summed E-state index contributed by atoms with van der Waals surface area (Å²) in [6.07, 6.45) is 13.3. The molecule has 0 radical (unpaired) electrons. The van der Waals surface area contributed by atoms with Crippen molar-refractivity contribution in [2.24, 2.45) is 5.92 Å². The first-order chi connectivity index (χ1) is 53.4. The lowest BCUT2D eigenvalue weighted by Crippen LogP contribution is -2.33. The van der Waals surface area contributed by atoms with E-state index < -0.39 is 0 Å². The maximum Gasteiger partial charge on any atom is 0.227 e. The number of methoxy groups -OCH3 is 3. The van der Waals surface area contributed by atoms with Crippen LogP contribution >= 0.6 is 0 Å². The van der Waals surface area contributed by atoms with Crippen LogP contribution in [-0.2, 0) is 85.9 Å². The van der Waals surface area contributed by atoms with E-state index in [4.69, 9.17) is 28.4 Å². The molecule has 0 aliphatic heterocycles. The van der Waals surface area contributed by atoms with E-state index >= 15 is 0 Å². The molecule has 17 heteroatoms. The number of rotatable bonds is 34. The minimum Gasteiger partial charge on any atom is -0.493 e. The van der Waals surface area contributed by atoms with Crippen molar-refractivity contribution in [1.82, 2.24) is 39.6 Å². The smallest absolute Gasteiger partial charge is 0.227 e. The number of aryl methyl sites for hydroxylation is 1. The van der Waals surface area contributed by atoms with Gasteiger partial charge in [-0.05, 0) is 142 Å². The number of hydrogen-bond donors (Lipinski definition) is 2. The van der Waals surface area contributed by atoms with Crippen LogP contribution < -0.4 is 28.4 Å². The Morgan fingerprint density at radius 2 is 0.706 bits per heavy atom. The number of pyridine rings is 3. The third-order valence-corrected chi connectivity index (χ3v) is 18.5. The van der Waals surface area contributed by atoms with Crippen LogP contribution in [0.2, 0.25) is 0 Å². The first kappa shape index (κ1) is 77.6. The lowest BCUT2D eigenvalue weighted by Gasteiger charge is -2.24. The molecule has 558 valence electrons. The van der Waals surface area contributed by atoms with Crippen molar-refractivity contribution in [2.75, 3.05) is 41.0 Å². The zero-order chi connectivity index (χ0) is 75.8. The molecule has 109 heavy (non-hydrogen) atoms. The predicted octanol–water partition coefficient (Wildman–Crippen LogP) is 17.6. The van der Waals surface area contributed by atoms with E-state index in [0.717, 1.165) is 84.4 Å². The molecule has 0 unspecified atom stereocenters. The number of aromatic nitrogens is 5. The van der Waals surface area contributed by atoms with Gasteiger partial charge in [-0.15, -0.1) is 0 Å². The number of benzene rings is 8. The molecule has 0 aliphatic rings. The average Bonchev–Trinajstić information content (AvgIpc) is 1.79. The number of nitrogens with zero attached hydrogens (tertiary/aromatic N) is 6. The number of amides is 3. The molecule has 17 nitrogen and oxygen atoms in total. The first-order valence-electron chi connectivity index (χ1n) is 37.1. The largest absolute Gasteiger partial charge is 0.493 e. The van der Waals surface area contributed by atoms with E-state index in [-0.39, 0.29) is 17.7 Å². The average molecular weight is 1460 g/mol. The third kappa shape index (κ3) is 23.7. The number of fused-ring (bicyclic) bond motifs is 2. The van der Waals surface area contributed by atoms with Crippen molar-refractivity contribution in [3.8, 4) is 34.5 Å². The SMILES string of the molecule is COc1cc(CN(CCc2ccccn2)C(=O)CC(C)C)ccc1OCc1ccccc1.COc1cc(CN(CCc2ccccn2)C(=O)CCc2c[nH]c3ccccc23)ccc1OCc1ccccc1.COc1cc(CN(CCc2ccccn2)C(=O)Cc2c[nH]c3ccccc23)ccc1OCc1ccccc1. The summed E-state index contributed by atoms with van der Waals surface area (Å²) in [7, 11) is 4.91. The number of aromatic amines is 2. The summed E-state index contributed by atoms with van der Waals surface area (Å²) < 4.78 is 34.9. The van der Waals surface area contributed by atoms with Gasteiger partial charge in [-0.25, -0.2) is 0 Å². The standard InChI is InChI=1S/C33H33N3O3.C32H31N3O3.C27H32N2O3/c1-38-32-21-26(14-16-31(32)39-24-25-9-3-2-4-10-25)23-36(20-18-28-11-7-8-19-34-28)33(37)17-15-27-22-35-30-13-6-5-12-29(27)30;1-37-31-19-25(14-15-30(31)38-23-24-9-3-2-4-10-24)22-35(18-16-27-11-7-8-17-33-27)32(36)20-26-21-34-29-13-6-5-12-28(26)29;1-21(2)17-27(30)29(16-14-24-11-7-8-15-28-24)19-23-12-13-25(26(18-23)31-3)32-20-22-9-5-4-6-10-22/h2-14,16,19,21-22,35H,15,17-18,20,23-24H2,1H3;2-15,17,19,21,34H,16,18,20,22-23H2,1H3;4-13,15,18,21H,14,16-17,19-20H2,1-3H3. The number of nitrogens with one attached hydrogen (secondary N) is 2. The summed E-state index contributed by atoms with van der Waals surface area (Å²) in [4.78, 5) is 65.6. The second kappa shape index (κ2) is 40.8. The molecule has 5 heterocycles. The van der Waals surface area contributed by atoms with Gasteiger partial charge >= 0.3 is 0 Å². The molecule has 0 saturated heterocycles. The van der Waals surface area contributed by atoms with Crippen LogP contribution in [0.25, 0.3) is 21.8 Å². The van der Waals surface area contributed by atoms with Crippen LogP contribution in [0.1, 0.15) is 88.3 Å². The fourth-order valence-electron chi connectivity index (χ4n) is 12.7. The summed E-state index contributed by atoms with van der Waals surface area (Å²) in [5.74, 6) is 4.64. The number of ether oxygens (including phenoxy) is 6. The highest BCUT2D eigenvalue weighted by molar-refractivity contribution is 5.89. The molecule has 0 spiro atoms. The fourth-order valence-corrected chi connectivity index (χ4v) is 12.7. The van der Waals surface area contributed by atoms with Crippen molar-refractivity contribution in [3.05, 3.63) is 341 Å². The number of carbonyl (C=O) groups excluding carboxylic acids is 3. The predicted molar refractivity (Wildman–Crippen MR) is 429 cm³/mol.